The van der Waals surface area contributed by atoms with Crippen molar-refractivity contribution in [2.75, 3.05) is 0 Å². The van der Waals surface area contributed by atoms with E-state index in [2.05, 4.69) is 10.2 Å². The van der Waals surface area contributed by atoms with Crippen molar-refractivity contribution in [2.24, 2.45) is 0 Å². The number of nitrogens with zero attached hydrogens (tertiary/aromatic N) is 3. The number of carbonyl (C=O) groups is 1. The van der Waals surface area contributed by atoms with Gasteiger partial charge in [0.15, 0.2) is 6.10 Å². The number of benzene rings is 2. The Balaban J connectivity index is 1.73. The van der Waals surface area contributed by atoms with Crippen LogP contribution in [0.4, 0.5) is 5.69 Å². The molecule has 0 aliphatic rings. The van der Waals surface area contributed by atoms with Gasteiger partial charge in [0.25, 0.3) is 11.6 Å². The van der Waals surface area contributed by atoms with Crippen LogP contribution < -0.4 is 0 Å². The third kappa shape index (κ3) is 3.70. The lowest BCUT2D eigenvalue weighted by atomic mass is 10.2. The van der Waals surface area contributed by atoms with E-state index >= 15 is 0 Å². The summed E-state index contributed by atoms with van der Waals surface area (Å²) < 4.78 is 10.8. The molecule has 0 fully saturated rings. The second-order valence-electron chi connectivity index (χ2n) is 5.28. The highest BCUT2D eigenvalue weighted by Gasteiger charge is 2.21. The number of hydrogen-bond donors (Lipinski definition) is 0. The summed E-state index contributed by atoms with van der Waals surface area (Å²) >= 11 is 5.97. The second kappa shape index (κ2) is 7.32. The first kappa shape index (κ1) is 17.6. The molecule has 0 N–H and O–H groups in total. The summed E-state index contributed by atoms with van der Waals surface area (Å²) in [7, 11) is 0. The minimum absolute atomic E-state index is 0.0458. The average Bonchev–Trinajstić information content (AvgIpc) is 3.12. The minimum atomic E-state index is -0.793. The van der Waals surface area contributed by atoms with Crippen molar-refractivity contribution in [1.29, 1.82) is 0 Å². The predicted octanol–water partition coefficient (Wildman–Crippen LogP) is 4.22. The van der Waals surface area contributed by atoms with Crippen LogP contribution in [0.5, 0.6) is 0 Å². The molecule has 1 heterocycles. The number of aromatic nitrogens is 2. The van der Waals surface area contributed by atoms with Gasteiger partial charge in [0.1, 0.15) is 0 Å². The van der Waals surface area contributed by atoms with Crippen LogP contribution in [-0.2, 0) is 4.74 Å². The zero-order valence-electron chi connectivity index (χ0n) is 13.5. The van der Waals surface area contributed by atoms with Gasteiger partial charge in [0.05, 0.1) is 15.5 Å². The van der Waals surface area contributed by atoms with Gasteiger partial charge in [0, 0.05) is 17.7 Å². The largest absolute Gasteiger partial charge is 0.449 e. The van der Waals surface area contributed by atoms with Crippen LogP contribution in [0.1, 0.15) is 29.3 Å². The average molecular weight is 374 g/mol. The Morgan fingerprint density at radius 2 is 1.88 bits per heavy atom. The summed E-state index contributed by atoms with van der Waals surface area (Å²) in [5, 5.41) is 18.7. The molecule has 3 rings (SSSR count). The first-order valence-corrected chi connectivity index (χ1v) is 7.87. The van der Waals surface area contributed by atoms with E-state index in [1.165, 1.54) is 24.3 Å². The molecule has 132 valence electrons. The number of nitro groups is 1. The molecule has 0 saturated carbocycles. The molecule has 0 spiro atoms. The van der Waals surface area contributed by atoms with Gasteiger partial charge in [-0.3, -0.25) is 10.1 Å². The summed E-state index contributed by atoms with van der Waals surface area (Å²) in [4.78, 5) is 22.3. The Bertz CT molecular complexity index is 955. The lowest BCUT2D eigenvalue weighted by Gasteiger charge is -2.10. The molecule has 9 heteroatoms. The molecule has 0 unspecified atom stereocenters. The quantitative estimate of drug-likeness (QED) is 0.374. The highest BCUT2D eigenvalue weighted by atomic mass is 35.5. The maximum absolute atomic E-state index is 12.2. The summed E-state index contributed by atoms with van der Waals surface area (Å²) in [5.74, 6) is -0.354. The smallest absolute Gasteiger partial charge is 0.340 e. The van der Waals surface area contributed by atoms with Gasteiger partial charge in [-0.05, 0) is 31.2 Å². The lowest BCUT2D eigenvalue weighted by molar-refractivity contribution is -0.384. The summed E-state index contributed by atoms with van der Waals surface area (Å²) in [6.45, 7) is 1.59. The molecule has 0 aliphatic heterocycles. The van der Waals surface area contributed by atoms with Crippen molar-refractivity contribution < 1.29 is 18.9 Å². The normalized spacial score (nSPS) is 11.8. The van der Waals surface area contributed by atoms with Crippen LogP contribution in [0, 0.1) is 10.1 Å². The molecule has 1 aromatic heterocycles. The van der Waals surface area contributed by atoms with Crippen molar-refractivity contribution in [2.45, 2.75) is 13.0 Å². The van der Waals surface area contributed by atoms with E-state index < -0.39 is 17.0 Å². The fourth-order valence-corrected chi connectivity index (χ4v) is 2.36. The molecule has 0 saturated heterocycles. The van der Waals surface area contributed by atoms with E-state index in [9.17, 15) is 14.9 Å². The third-order valence-electron chi connectivity index (χ3n) is 3.49. The number of esters is 1. The second-order valence-corrected chi connectivity index (χ2v) is 5.68. The van der Waals surface area contributed by atoms with Gasteiger partial charge in [-0.2, -0.15) is 0 Å². The molecule has 2 aromatic carbocycles. The van der Waals surface area contributed by atoms with E-state index in [4.69, 9.17) is 20.8 Å². The highest BCUT2D eigenvalue weighted by Crippen LogP contribution is 2.25. The first-order valence-electron chi connectivity index (χ1n) is 7.49. The minimum Gasteiger partial charge on any atom is -0.449 e. The standard InChI is InChI=1S/C17H12ClN3O5/c1-10(25-17(22)13-4-2-3-5-14(13)18)15-19-20-16(26-15)11-6-8-12(9-7-11)21(23)24/h2-10H,1H3/t10-/m1/s1. The number of carbonyl (C=O) groups excluding carboxylic acids is 1. The molecular weight excluding hydrogens is 362 g/mol. The summed E-state index contributed by atoms with van der Waals surface area (Å²) in [6, 6.07) is 12.2. The SMILES string of the molecule is C[C@@H](OC(=O)c1ccccc1Cl)c1nnc(-c2ccc([N+](=O)[O-])cc2)o1. The van der Waals surface area contributed by atoms with Gasteiger partial charge < -0.3 is 9.15 Å². The Kier molecular flexibility index (Phi) is 4.94. The molecule has 0 amide bonds. The van der Waals surface area contributed by atoms with Crippen LogP contribution in [0.3, 0.4) is 0 Å². The number of ether oxygens (including phenoxy) is 1. The monoisotopic (exact) mass is 373 g/mol. The van der Waals surface area contributed by atoms with Crippen molar-refractivity contribution in [3.63, 3.8) is 0 Å². The van der Waals surface area contributed by atoms with E-state index in [1.807, 2.05) is 0 Å². The maximum Gasteiger partial charge on any atom is 0.340 e. The number of hydrogen-bond acceptors (Lipinski definition) is 7. The van der Waals surface area contributed by atoms with E-state index in [-0.39, 0.29) is 28.1 Å². The van der Waals surface area contributed by atoms with Gasteiger partial charge in [-0.25, -0.2) is 4.79 Å². The molecule has 0 bridgehead atoms. The van der Waals surface area contributed by atoms with E-state index in [1.54, 1.807) is 31.2 Å². The topological polar surface area (TPSA) is 108 Å². The number of halogens is 1. The Morgan fingerprint density at radius 3 is 2.54 bits per heavy atom. The number of nitro benzene ring substituents is 1. The molecule has 1 atom stereocenters. The van der Waals surface area contributed by atoms with Gasteiger partial charge in [-0.15, -0.1) is 10.2 Å². The number of rotatable bonds is 5. The molecular formula is C17H12ClN3O5. The van der Waals surface area contributed by atoms with E-state index in [0.29, 0.717) is 5.56 Å². The molecule has 3 aromatic rings. The predicted molar refractivity (Wildman–Crippen MR) is 91.7 cm³/mol. The Hall–Kier alpha value is -3.26. The molecule has 26 heavy (non-hydrogen) atoms. The lowest BCUT2D eigenvalue weighted by Crippen LogP contribution is -2.10. The van der Waals surface area contributed by atoms with Crippen molar-refractivity contribution in [1.82, 2.24) is 10.2 Å². The van der Waals surface area contributed by atoms with E-state index in [0.717, 1.165) is 0 Å². The van der Waals surface area contributed by atoms with Crippen molar-refractivity contribution in [3.8, 4) is 11.5 Å². The van der Waals surface area contributed by atoms with Crippen molar-refractivity contribution >= 4 is 23.3 Å². The zero-order chi connectivity index (χ0) is 18.7. The Labute approximate surface area is 152 Å². The highest BCUT2D eigenvalue weighted by molar-refractivity contribution is 6.33. The maximum atomic E-state index is 12.2. The van der Waals surface area contributed by atoms with Crippen LogP contribution in [0.2, 0.25) is 5.02 Å². The summed E-state index contributed by atoms with van der Waals surface area (Å²) in [5.41, 5.74) is 0.700. The van der Waals surface area contributed by atoms with Crippen molar-refractivity contribution in [3.05, 3.63) is 75.1 Å². The fourth-order valence-electron chi connectivity index (χ4n) is 2.14. The van der Waals surface area contributed by atoms with Crippen LogP contribution in [0.15, 0.2) is 52.9 Å². The molecule has 0 radical (unpaired) electrons. The fraction of sp³-hybridized carbons (Fsp3) is 0.118. The van der Waals surface area contributed by atoms with Crippen LogP contribution in [-0.4, -0.2) is 21.1 Å². The number of non-ortho nitro benzene ring substituents is 1. The van der Waals surface area contributed by atoms with Gasteiger partial charge in [0.2, 0.25) is 5.89 Å². The third-order valence-corrected chi connectivity index (χ3v) is 3.82. The molecule has 0 aliphatic carbocycles. The first-order chi connectivity index (χ1) is 12.5. The summed E-state index contributed by atoms with van der Waals surface area (Å²) in [6.07, 6.45) is -0.793. The van der Waals surface area contributed by atoms with Gasteiger partial charge in [-0.1, -0.05) is 23.7 Å². The van der Waals surface area contributed by atoms with Crippen LogP contribution >= 0.6 is 11.6 Å². The Morgan fingerprint density at radius 1 is 1.19 bits per heavy atom. The zero-order valence-corrected chi connectivity index (χ0v) is 14.2. The van der Waals surface area contributed by atoms with Gasteiger partial charge >= 0.3 is 5.97 Å². The molecule has 8 nitrogen and oxygen atoms in total. The van der Waals surface area contributed by atoms with Crippen LogP contribution in [0.25, 0.3) is 11.5 Å².